The fraction of sp³-hybridized carbons (Fsp3) is 0.562. The van der Waals surface area contributed by atoms with E-state index in [0.29, 0.717) is 5.92 Å². The zero-order chi connectivity index (χ0) is 14.8. The van der Waals surface area contributed by atoms with Crippen molar-refractivity contribution in [3.05, 3.63) is 29.8 Å². The summed E-state index contributed by atoms with van der Waals surface area (Å²) in [5.74, 6) is 0.481. The topological polar surface area (TPSA) is 41.6 Å². The second kappa shape index (κ2) is 5.94. The molecule has 1 amide bonds. The first-order chi connectivity index (χ1) is 9.41. The highest BCUT2D eigenvalue weighted by atomic mass is 16.5. The molecular weight excluding hydrogens is 252 g/mol. The zero-order valence-corrected chi connectivity index (χ0v) is 12.8. The number of likely N-dealkylation sites (N-methyl/N-ethyl adjacent to an activating group) is 1. The lowest BCUT2D eigenvalue weighted by Crippen LogP contribution is -2.59. The minimum Gasteiger partial charge on any atom is -0.363 e. The molecule has 4 heteroatoms. The molecule has 1 fully saturated rings. The van der Waals surface area contributed by atoms with E-state index in [9.17, 15) is 4.79 Å². The highest BCUT2D eigenvalue weighted by Gasteiger charge is 2.33. The maximum atomic E-state index is 12.1. The van der Waals surface area contributed by atoms with Gasteiger partial charge in [0.15, 0.2) is 0 Å². The first-order valence-corrected chi connectivity index (χ1v) is 7.12. The van der Waals surface area contributed by atoms with Crippen molar-refractivity contribution in [1.82, 2.24) is 5.32 Å². The first-order valence-electron chi connectivity index (χ1n) is 7.12. The largest absolute Gasteiger partial charge is 0.363 e. The molecule has 0 aliphatic carbocycles. The SMILES string of the molecule is CC(C)c1ccc(N(C)C(=O)COC2(C)CNC2)cc1. The van der Waals surface area contributed by atoms with E-state index in [-0.39, 0.29) is 18.1 Å². The summed E-state index contributed by atoms with van der Waals surface area (Å²) >= 11 is 0. The molecule has 110 valence electrons. The van der Waals surface area contributed by atoms with Crippen molar-refractivity contribution in [2.24, 2.45) is 0 Å². The summed E-state index contributed by atoms with van der Waals surface area (Å²) in [7, 11) is 1.79. The summed E-state index contributed by atoms with van der Waals surface area (Å²) in [6.45, 7) is 8.09. The van der Waals surface area contributed by atoms with E-state index in [1.807, 2.05) is 19.1 Å². The van der Waals surface area contributed by atoms with Crippen molar-refractivity contribution >= 4 is 11.6 Å². The van der Waals surface area contributed by atoms with Gasteiger partial charge >= 0.3 is 0 Å². The summed E-state index contributed by atoms with van der Waals surface area (Å²) in [6.07, 6.45) is 0. The summed E-state index contributed by atoms with van der Waals surface area (Å²) in [5, 5.41) is 3.15. The highest BCUT2D eigenvalue weighted by molar-refractivity contribution is 5.93. The lowest BCUT2D eigenvalue weighted by atomic mass is 10.0. The molecule has 2 rings (SSSR count). The quantitative estimate of drug-likeness (QED) is 0.896. The van der Waals surface area contributed by atoms with Crippen LogP contribution < -0.4 is 10.2 Å². The molecule has 1 aromatic carbocycles. The number of ether oxygens (including phenoxy) is 1. The maximum Gasteiger partial charge on any atom is 0.252 e. The summed E-state index contributed by atoms with van der Waals surface area (Å²) in [5.41, 5.74) is 2.00. The summed E-state index contributed by atoms with van der Waals surface area (Å²) < 4.78 is 5.68. The number of amides is 1. The number of anilines is 1. The molecule has 0 aromatic heterocycles. The molecule has 1 aliphatic heterocycles. The number of carbonyl (C=O) groups is 1. The van der Waals surface area contributed by atoms with Crippen LogP contribution >= 0.6 is 0 Å². The minimum atomic E-state index is -0.183. The second-order valence-electron chi connectivity index (χ2n) is 6.04. The molecule has 0 spiro atoms. The monoisotopic (exact) mass is 276 g/mol. The number of hydrogen-bond acceptors (Lipinski definition) is 3. The van der Waals surface area contributed by atoms with Gasteiger partial charge in [-0.25, -0.2) is 0 Å². The van der Waals surface area contributed by atoms with E-state index in [1.165, 1.54) is 5.56 Å². The van der Waals surface area contributed by atoms with E-state index < -0.39 is 0 Å². The predicted octanol–water partition coefficient (Wildman–Crippen LogP) is 2.15. The first kappa shape index (κ1) is 15.0. The van der Waals surface area contributed by atoms with E-state index in [1.54, 1.807) is 11.9 Å². The van der Waals surface area contributed by atoms with E-state index in [4.69, 9.17) is 4.74 Å². The van der Waals surface area contributed by atoms with Crippen LogP contribution in [-0.2, 0) is 9.53 Å². The molecular formula is C16H24N2O2. The number of nitrogens with one attached hydrogen (secondary N) is 1. The van der Waals surface area contributed by atoms with Crippen LogP contribution in [0.4, 0.5) is 5.69 Å². The van der Waals surface area contributed by atoms with E-state index in [0.717, 1.165) is 18.8 Å². The van der Waals surface area contributed by atoms with Crippen LogP contribution in [0.3, 0.4) is 0 Å². The Morgan fingerprint density at radius 1 is 1.35 bits per heavy atom. The van der Waals surface area contributed by atoms with Crippen molar-refractivity contribution < 1.29 is 9.53 Å². The van der Waals surface area contributed by atoms with Crippen LogP contribution in [0.2, 0.25) is 0 Å². The van der Waals surface area contributed by atoms with Crippen LogP contribution in [0.15, 0.2) is 24.3 Å². The number of carbonyl (C=O) groups excluding carboxylic acids is 1. The summed E-state index contributed by atoms with van der Waals surface area (Å²) in [6, 6.07) is 8.11. The third-order valence-corrected chi connectivity index (χ3v) is 3.86. The number of hydrogen-bond donors (Lipinski definition) is 1. The van der Waals surface area contributed by atoms with Crippen molar-refractivity contribution in [3.63, 3.8) is 0 Å². The Bertz CT molecular complexity index is 464. The molecule has 20 heavy (non-hydrogen) atoms. The zero-order valence-electron chi connectivity index (χ0n) is 12.8. The molecule has 4 nitrogen and oxygen atoms in total. The molecule has 1 heterocycles. The van der Waals surface area contributed by atoms with Gasteiger partial charge < -0.3 is 15.0 Å². The Morgan fingerprint density at radius 2 is 1.95 bits per heavy atom. The fourth-order valence-corrected chi connectivity index (χ4v) is 2.14. The van der Waals surface area contributed by atoms with Crippen molar-refractivity contribution in [2.75, 3.05) is 31.6 Å². The van der Waals surface area contributed by atoms with Gasteiger partial charge in [0.25, 0.3) is 5.91 Å². The Morgan fingerprint density at radius 3 is 2.40 bits per heavy atom. The van der Waals surface area contributed by atoms with Crippen LogP contribution in [0, 0.1) is 0 Å². The fourth-order valence-electron chi connectivity index (χ4n) is 2.14. The number of rotatable bonds is 5. The van der Waals surface area contributed by atoms with Gasteiger partial charge in [0.2, 0.25) is 0 Å². The Kier molecular flexibility index (Phi) is 4.45. The third kappa shape index (κ3) is 3.38. The van der Waals surface area contributed by atoms with Gasteiger partial charge in [-0.3, -0.25) is 4.79 Å². The normalized spacial score (nSPS) is 16.9. The highest BCUT2D eigenvalue weighted by Crippen LogP contribution is 2.20. The third-order valence-electron chi connectivity index (χ3n) is 3.86. The standard InChI is InChI=1S/C16H24N2O2/c1-12(2)13-5-7-14(8-6-13)18(4)15(19)9-20-16(3)10-17-11-16/h5-8,12,17H,9-11H2,1-4H3. The van der Waals surface area contributed by atoms with Crippen LogP contribution in [0.25, 0.3) is 0 Å². The molecule has 1 aromatic rings. The Labute approximate surface area is 121 Å². The molecule has 0 saturated carbocycles. The lowest BCUT2D eigenvalue weighted by Gasteiger charge is -2.39. The van der Waals surface area contributed by atoms with Crippen molar-refractivity contribution in [1.29, 1.82) is 0 Å². The van der Waals surface area contributed by atoms with Gasteiger partial charge in [-0.1, -0.05) is 26.0 Å². The van der Waals surface area contributed by atoms with Crippen LogP contribution in [-0.4, -0.2) is 38.3 Å². The van der Waals surface area contributed by atoms with Gasteiger partial charge in [0, 0.05) is 25.8 Å². The lowest BCUT2D eigenvalue weighted by molar-refractivity contribution is -0.133. The van der Waals surface area contributed by atoms with Gasteiger partial charge in [-0.15, -0.1) is 0 Å². The average molecular weight is 276 g/mol. The van der Waals surface area contributed by atoms with Gasteiger partial charge in [-0.2, -0.15) is 0 Å². The Hall–Kier alpha value is -1.39. The number of benzene rings is 1. The van der Waals surface area contributed by atoms with Crippen molar-refractivity contribution in [2.45, 2.75) is 32.3 Å². The number of nitrogens with zero attached hydrogens (tertiary/aromatic N) is 1. The molecule has 0 radical (unpaired) electrons. The van der Waals surface area contributed by atoms with Gasteiger partial charge in [0.05, 0.1) is 5.60 Å². The van der Waals surface area contributed by atoms with E-state index >= 15 is 0 Å². The maximum absolute atomic E-state index is 12.1. The molecule has 0 atom stereocenters. The van der Waals surface area contributed by atoms with Crippen LogP contribution in [0.1, 0.15) is 32.3 Å². The average Bonchev–Trinajstić information content (AvgIpc) is 2.42. The van der Waals surface area contributed by atoms with Gasteiger partial charge in [0.1, 0.15) is 6.61 Å². The molecule has 0 unspecified atom stereocenters. The molecule has 1 aliphatic rings. The minimum absolute atomic E-state index is 0.0181. The predicted molar refractivity (Wildman–Crippen MR) is 81.2 cm³/mol. The molecule has 1 N–H and O–H groups in total. The smallest absolute Gasteiger partial charge is 0.252 e. The molecule has 1 saturated heterocycles. The van der Waals surface area contributed by atoms with E-state index in [2.05, 4.69) is 31.3 Å². The second-order valence-corrected chi connectivity index (χ2v) is 6.04. The van der Waals surface area contributed by atoms with Crippen LogP contribution in [0.5, 0.6) is 0 Å². The van der Waals surface area contributed by atoms with Crippen molar-refractivity contribution in [3.8, 4) is 0 Å². The summed E-state index contributed by atoms with van der Waals surface area (Å²) in [4.78, 5) is 13.8. The van der Waals surface area contributed by atoms with Gasteiger partial charge in [-0.05, 0) is 30.5 Å². The Balaban J connectivity index is 1.92. The molecule has 0 bridgehead atoms.